The second-order valence-corrected chi connectivity index (χ2v) is 4.79. The topological polar surface area (TPSA) is 56.1 Å². The molecule has 1 aliphatic rings. The molecule has 0 radical (unpaired) electrons. The minimum atomic E-state index is -0.0494. The van der Waals surface area contributed by atoms with Crippen molar-refractivity contribution in [2.45, 2.75) is 19.8 Å². The molecule has 4 nitrogen and oxygen atoms in total. The van der Waals surface area contributed by atoms with E-state index in [0.29, 0.717) is 11.5 Å². The van der Waals surface area contributed by atoms with E-state index < -0.39 is 0 Å². The van der Waals surface area contributed by atoms with Gasteiger partial charge in [-0.15, -0.1) is 0 Å². The predicted molar refractivity (Wildman–Crippen MR) is 70.1 cm³/mol. The fraction of sp³-hybridized carbons (Fsp3) is 0.429. The first-order chi connectivity index (χ1) is 8.69. The second kappa shape index (κ2) is 5.54. The Morgan fingerprint density at radius 1 is 1.33 bits per heavy atom. The lowest BCUT2D eigenvalue weighted by molar-refractivity contribution is 0.186. The van der Waals surface area contributed by atoms with Crippen molar-refractivity contribution in [3.63, 3.8) is 0 Å². The Bertz CT molecular complexity index is 453. The smallest absolute Gasteiger partial charge is 0.321 e. The highest BCUT2D eigenvalue weighted by atomic mass is 16.2. The first kappa shape index (κ1) is 12.4. The van der Waals surface area contributed by atoms with E-state index in [1.54, 1.807) is 24.3 Å². The highest BCUT2D eigenvalue weighted by Gasteiger charge is 2.19. The monoisotopic (exact) mass is 243 g/mol. The Balaban J connectivity index is 1.92. The Hall–Kier alpha value is -2.02. The highest BCUT2D eigenvalue weighted by Crippen LogP contribution is 2.17. The summed E-state index contributed by atoms with van der Waals surface area (Å²) in [5.74, 6) is 0.712. The summed E-state index contributed by atoms with van der Waals surface area (Å²) in [6, 6.07) is 8.91. The number of carbonyl (C=O) groups is 1. The van der Waals surface area contributed by atoms with Crippen molar-refractivity contribution < 1.29 is 4.79 Å². The summed E-state index contributed by atoms with van der Waals surface area (Å²) in [6.45, 7) is 3.86. The zero-order valence-corrected chi connectivity index (χ0v) is 10.5. The quantitative estimate of drug-likeness (QED) is 0.824. The highest BCUT2D eigenvalue weighted by molar-refractivity contribution is 5.89. The van der Waals surface area contributed by atoms with Crippen molar-refractivity contribution in [2.75, 3.05) is 18.4 Å². The van der Waals surface area contributed by atoms with Gasteiger partial charge in [-0.3, -0.25) is 0 Å². The number of likely N-dealkylation sites (tertiary alicyclic amines) is 1. The Kier molecular flexibility index (Phi) is 3.83. The number of nitrogens with zero attached hydrogens (tertiary/aromatic N) is 2. The number of amides is 2. The normalized spacial score (nSPS) is 16.1. The summed E-state index contributed by atoms with van der Waals surface area (Å²) >= 11 is 0. The van der Waals surface area contributed by atoms with Crippen molar-refractivity contribution in [2.24, 2.45) is 5.92 Å². The lowest BCUT2D eigenvalue weighted by Gasteiger charge is -2.30. The summed E-state index contributed by atoms with van der Waals surface area (Å²) in [4.78, 5) is 13.8. The number of anilines is 1. The number of carbonyl (C=O) groups excluding carboxylic acids is 1. The summed E-state index contributed by atoms with van der Waals surface area (Å²) in [7, 11) is 0. The van der Waals surface area contributed by atoms with E-state index in [4.69, 9.17) is 5.26 Å². The van der Waals surface area contributed by atoms with Gasteiger partial charge in [-0.2, -0.15) is 5.26 Å². The average Bonchev–Trinajstić information content (AvgIpc) is 2.40. The van der Waals surface area contributed by atoms with E-state index in [9.17, 15) is 4.79 Å². The number of hydrogen-bond donors (Lipinski definition) is 1. The molecule has 0 bridgehead atoms. The van der Waals surface area contributed by atoms with Crippen LogP contribution in [0, 0.1) is 17.2 Å². The fourth-order valence-corrected chi connectivity index (χ4v) is 2.04. The van der Waals surface area contributed by atoms with Crippen molar-refractivity contribution in [3.05, 3.63) is 29.8 Å². The number of urea groups is 1. The SMILES string of the molecule is CC1CCN(C(=O)Nc2ccc(C#N)cc2)CC1. The number of rotatable bonds is 1. The largest absolute Gasteiger partial charge is 0.325 e. The lowest BCUT2D eigenvalue weighted by atomic mass is 10.00. The maximum absolute atomic E-state index is 12.0. The van der Waals surface area contributed by atoms with Crippen LogP contribution >= 0.6 is 0 Å². The maximum atomic E-state index is 12.0. The molecule has 1 aromatic carbocycles. The number of hydrogen-bond acceptors (Lipinski definition) is 2. The van der Waals surface area contributed by atoms with Crippen LogP contribution in [0.5, 0.6) is 0 Å². The molecule has 4 heteroatoms. The molecule has 2 rings (SSSR count). The number of benzene rings is 1. The summed E-state index contributed by atoms with van der Waals surface area (Å²) in [6.07, 6.45) is 2.14. The van der Waals surface area contributed by atoms with E-state index in [2.05, 4.69) is 18.3 Å². The third-order valence-corrected chi connectivity index (χ3v) is 3.34. The summed E-state index contributed by atoms with van der Waals surface area (Å²) < 4.78 is 0. The van der Waals surface area contributed by atoms with Gasteiger partial charge in [0, 0.05) is 18.8 Å². The Morgan fingerprint density at radius 2 is 1.94 bits per heavy atom. The lowest BCUT2D eigenvalue weighted by Crippen LogP contribution is -2.40. The van der Waals surface area contributed by atoms with Gasteiger partial charge in [0.2, 0.25) is 0 Å². The second-order valence-electron chi connectivity index (χ2n) is 4.79. The van der Waals surface area contributed by atoms with Gasteiger partial charge in [0.15, 0.2) is 0 Å². The van der Waals surface area contributed by atoms with Gasteiger partial charge in [0.1, 0.15) is 0 Å². The zero-order valence-electron chi connectivity index (χ0n) is 10.5. The van der Waals surface area contributed by atoms with E-state index >= 15 is 0 Å². The van der Waals surface area contributed by atoms with Gasteiger partial charge < -0.3 is 10.2 Å². The molecule has 0 saturated carbocycles. The average molecular weight is 243 g/mol. The molecular formula is C14H17N3O. The minimum absolute atomic E-state index is 0.0494. The number of nitriles is 1. The molecule has 0 aromatic heterocycles. The molecule has 1 fully saturated rings. The molecule has 2 amide bonds. The molecule has 0 spiro atoms. The Labute approximate surface area is 107 Å². The first-order valence-electron chi connectivity index (χ1n) is 6.25. The third kappa shape index (κ3) is 3.01. The maximum Gasteiger partial charge on any atom is 0.321 e. The van der Waals surface area contributed by atoms with Gasteiger partial charge in [-0.05, 0) is 43.0 Å². The molecule has 1 saturated heterocycles. The molecule has 1 heterocycles. The van der Waals surface area contributed by atoms with Crippen LogP contribution in [0.15, 0.2) is 24.3 Å². The van der Waals surface area contributed by atoms with Crippen LogP contribution in [0.1, 0.15) is 25.3 Å². The van der Waals surface area contributed by atoms with Gasteiger partial charge in [-0.1, -0.05) is 6.92 Å². The predicted octanol–water partition coefficient (Wildman–Crippen LogP) is 2.82. The number of nitrogens with one attached hydrogen (secondary N) is 1. The van der Waals surface area contributed by atoms with Gasteiger partial charge in [-0.25, -0.2) is 4.79 Å². The molecule has 94 valence electrons. The van der Waals surface area contributed by atoms with Gasteiger partial charge in [0.25, 0.3) is 0 Å². The molecule has 0 atom stereocenters. The van der Waals surface area contributed by atoms with E-state index in [1.165, 1.54) is 0 Å². The molecule has 1 aromatic rings. The Morgan fingerprint density at radius 3 is 2.50 bits per heavy atom. The molecule has 1 aliphatic heterocycles. The van der Waals surface area contributed by atoms with E-state index in [-0.39, 0.29) is 6.03 Å². The number of piperidine rings is 1. The van der Waals surface area contributed by atoms with Crippen molar-refractivity contribution in [1.29, 1.82) is 5.26 Å². The summed E-state index contributed by atoms with van der Waals surface area (Å²) in [5, 5.41) is 11.5. The minimum Gasteiger partial charge on any atom is -0.325 e. The third-order valence-electron chi connectivity index (χ3n) is 3.34. The molecule has 0 aliphatic carbocycles. The van der Waals surface area contributed by atoms with Crippen LogP contribution in [-0.4, -0.2) is 24.0 Å². The zero-order chi connectivity index (χ0) is 13.0. The van der Waals surface area contributed by atoms with Crippen molar-refractivity contribution >= 4 is 11.7 Å². The molecule has 1 N–H and O–H groups in total. The molecule has 0 unspecified atom stereocenters. The van der Waals surface area contributed by atoms with Crippen molar-refractivity contribution in [3.8, 4) is 6.07 Å². The van der Waals surface area contributed by atoms with Gasteiger partial charge in [0.05, 0.1) is 11.6 Å². The summed E-state index contributed by atoms with van der Waals surface area (Å²) in [5.41, 5.74) is 1.33. The van der Waals surface area contributed by atoms with Crippen LogP contribution in [0.2, 0.25) is 0 Å². The van der Waals surface area contributed by atoms with Crippen LogP contribution in [0.25, 0.3) is 0 Å². The van der Waals surface area contributed by atoms with Crippen LogP contribution in [-0.2, 0) is 0 Å². The molecule has 18 heavy (non-hydrogen) atoms. The van der Waals surface area contributed by atoms with Crippen LogP contribution < -0.4 is 5.32 Å². The van der Waals surface area contributed by atoms with E-state index in [0.717, 1.165) is 31.6 Å². The fourth-order valence-electron chi connectivity index (χ4n) is 2.04. The van der Waals surface area contributed by atoms with Gasteiger partial charge >= 0.3 is 6.03 Å². The first-order valence-corrected chi connectivity index (χ1v) is 6.25. The van der Waals surface area contributed by atoms with Crippen molar-refractivity contribution in [1.82, 2.24) is 4.90 Å². The molecular weight excluding hydrogens is 226 g/mol. The van der Waals surface area contributed by atoms with Crippen LogP contribution in [0.3, 0.4) is 0 Å². The van der Waals surface area contributed by atoms with E-state index in [1.807, 2.05) is 4.90 Å². The standard InChI is InChI=1S/C14H17N3O/c1-11-6-8-17(9-7-11)14(18)16-13-4-2-12(10-15)3-5-13/h2-5,11H,6-9H2,1H3,(H,16,18). The van der Waals surface area contributed by atoms with Crippen LogP contribution in [0.4, 0.5) is 10.5 Å².